The quantitative estimate of drug-likeness (QED) is 0.318. The normalized spacial score (nSPS) is 31.0. The molecule has 3 unspecified atom stereocenters. The highest BCUT2D eigenvalue weighted by atomic mass is 19.1. The maximum Gasteiger partial charge on any atom is 0.225 e. The molecule has 34 heavy (non-hydrogen) atoms. The van der Waals surface area contributed by atoms with Crippen LogP contribution in [-0.2, 0) is 11.2 Å². The van der Waals surface area contributed by atoms with Crippen molar-refractivity contribution in [3.63, 3.8) is 0 Å². The van der Waals surface area contributed by atoms with E-state index >= 15 is 0 Å². The molecule has 5 atom stereocenters. The van der Waals surface area contributed by atoms with Crippen molar-refractivity contribution >= 4 is 17.4 Å². The zero-order valence-corrected chi connectivity index (χ0v) is 19.4. The lowest BCUT2D eigenvalue weighted by Gasteiger charge is -2.50. The molecule has 1 heterocycles. The Labute approximate surface area is 198 Å². The number of nitrogens with one attached hydrogen (secondary N) is 1. The van der Waals surface area contributed by atoms with Crippen molar-refractivity contribution in [2.45, 2.75) is 64.2 Å². The predicted octanol–water partition coefficient (Wildman–Crippen LogP) is 6.08. The minimum Gasteiger partial charge on any atom is -0.411 e. The van der Waals surface area contributed by atoms with Crippen molar-refractivity contribution in [2.75, 3.05) is 5.32 Å². The molecule has 0 bridgehead atoms. The topological polar surface area (TPSA) is 74.6 Å². The predicted molar refractivity (Wildman–Crippen MR) is 126 cm³/mol. The van der Waals surface area contributed by atoms with Gasteiger partial charge in [-0.25, -0.2) is 9.37 Å². The molecule has 2 fully saturated rings. The van der Waals surface area contributed by atoms with E-state index in [0.717, 1.165) is 55.4 Å². The van der Waals surface area contributed by atoms with Gasteiger partial charge in [-0.05, 0) is 97.9 Å². The van der Waals surface area contributed by atoms with Crippen molar-refractivity contribution in [3.05, 3.63) is 59.3 Å². The van der Waals surface area contributed by atoms with Crippen LogP contribution in [0.4, 0.5) is 14.6 Å². The maximum absolute atomic E-state index is 14.5. The molecule has 0 aliphatic heterocycles. The number of oxime groups is 1. The summed E-state index contributed by atoms with van der Waals surface area (Å²) in [5.74, 6) is 0.738. The number of carbonyl (C=O) groups excluding carboxylic acids is 1. The number of hydrogen-bond acceptors (Lipinski definition) is 4. The first kappa shape index (κ1) is 22.9. The number of rotatable bonds is 5. The molecule has 180 valence electrons. The first-order valence-corrected chi connectivity index (χ1v) is 12.3. The van der Waals surface area contributed by atoms with Gasteiger partial charge < -0.3 is 10.5 Å². The number of benzene rings is 1. The summed E-state index contributed by atoms with van der Waals surface area (Å²) in [5, 5.41) is 16.2. The van der Waals surface area contributed by atoms with E-state index in [1.165, 1.54) is 12.1 Å². The van der Waals surface area contributed by atoms with Crippen molar-refractivity contribution in [1.29, 1.82) is 0 Å². The Kier molecular flexibility index (Phi) is 6.13. The van der Waals surface area contributed by atoms with Gasteiger partial charge in [0.2, 0.25) is 11.9 Å². The van der Waals surface area contributed by atoms with E-state index in [0.29, 0.717) is 36.5 Å². The number of nitrogens with zero attached hydrogens (tertiary/aromatic N) is 2. The lowest BCUT2D eigenvalue weighted by atomic mass is 9.54. The highest BCUT2D eigenvalue weighted by molar-refractivity contribution is 5.92. The van der Waals surface area contributed by atoms with Crippen LogP contribution in [0.5, 0.6) is 0 Å². The number of halogens is 2. The van der Waals surface area contributed by atoms with Crippen molar-refractivity contribution in [3.8, 4) is 0 Å². The second-order valence-electron chi connectivity index (χ2n) is 10.4. The van der Waals surface area contributed by atoms with E-state index < -0.39 is 5.95 Å². The van der Waals surface area contributed by atoms with Crippen LogP contribution in [0.3, 0.4) is 0 Å². The van der Waals surface area contributed by atoms with E-state index in [1.54, 1.807) is 12.1 Å². The Morgan fingerprint density at radius 1 is 1.24 bits per heavy atom. The van der Waals surface area contributed by atoms with Crippen LogP contribution in [0, 0.1) is 34.9 Å². The first-order chi connectivity index (χ1) is 16.4. The highest BCUT2D eigenvalue weighted by Gasteiger charge is 2.57. The Hall–Kier alpha value is -2.83. The molecule has 5 nitrogen and oxygen atoms in total. The van der Waals surface area contributed by atoms with E-state index in [-0.39, 0.29) is 23.0 Å². The van der Waals surface area contributed by atoms with Gasteiger partial charge in [0.15, 0.2) is 0 Å². The average Bonchev–Trinajstić information content (AvgIpc) is 3.11. The monoisotopic (exact) mass is 467 g/mol. The van der Waals surface area contributed by atoms with Gasteiger partial charge in [0, 0.05) is 11.8 Å². The molecule has 0 radical (unpaired) electrons. The minimum atomic E-state index is -0.625. The van der Waals surface area contributed by atoms with Crippen LogP contribution < -0.4 is 5.32 Å². The van der Waals surface area contributed by atoms with Gasteiger partial charge in [0.05, 0.1) is 5.71 Å². The standard InChI is InChI=1S/C27H31F2N3O2/c1-27-14-13-18-17-6-3-7-21(28)19(17)11-12-20(18)26(27)16(15-22(27)32-34)5-2-10-25(33)31-24-9-4-8-23(29)30-24/h3-4,6-9,16,18,20,26,34H,2,5,10-15H2,1H3,(H,30,31,33)/b32-22+/t16-,18?,20?,26?,27-/m1/s1. The second kappa shape index (κ2) is 9.08. The molecule has 3 aliphatic carbocycles. The van der Waals surface area contributed by atoms with Gasteiger partial charge >= 0.3 is 0 Å². The number of anilines is 1. The lowest BCUT2D eigenvalue weighted by molar-refractivity contribution is -0.116. The van der Waals surface area contributed by atoms with E-state index in [2.05, 4.69) is 28.4 Å². The molecule has 0 spiro atoms. The first-order valence-electron chi connectivity index (χ1n) is 12.3. The zero-order chi connectivity index (χ0) is 23.9. The van der Waals surface area contributed by atoms with Crippen molar-refractivity contribution in [2.24, 2.45) is 28.3 Å². The number of carbonyl (C=O) groups is 1. The van der Waals surface area contributed by atoms with Gasteiger partial charge in [-0.3, -0.25) is 4.79 Å². The minimum absolute atomic E-state index is 0.0938. The van der Waals surface area contributed by atoms with Gasteiger partial charge in [-0.1, -0.05) is 30.3 Å². The molecule has 1 amide bonds. The fourth-order valence-corrected chi connectivity index (χ4v) is 7.28. The van der Waals surface area contributed by atoms with E-state index in [4.69, 9.17) is 0 Å². The van der Waals surface area contributed by atoms with E-state index in [1.807, 2.05) is 6.07 Å². The van der Waals surface area contributed by atoms with Crippen LogP contribution in [0.25, 0.3) is 0 Å². The van der Waals surface area contributed by atoms with Gasteiger partial charge in [-0.2, -0.15) is 4.39 Å². The van der Waals surface area contributed by atoms with Gasteiger partial charge in [0.1, 0.15) is 11.6 Å². The van der Waals surface area contributed by atoms with Crippen LogP contribution in [0.2, 0.25) is 0 Å². The average molecular weight is 468 g/mol. The molecule has 2 N–H and O–H groups in total. The molecule has 5 rings (SSSR count). The molecule has 2 saturated carbocycles. The number of pyridine rings is 1. The molecular formula is C27H31F2N3O2. The Bertz CT molecular complexity index is 1120. The molecule has 3 aliphatic rings. The largest absolute Gasteiger partial charge is 0.411 e. The number of aromatic nitrogens is 1. The molecule has 1 aromatic heterocycles. The Balaban J connectivity index is 1.30. The van der Waals surface area contributed by atoms with Crippen molar-refractivity contribution < 1.29 is 18.8 Å². The SMILES string of the molecule is C[C@]12CCC3c4cccc(F)c4CCC3C1[C@H](CCCC(=O)Nc1cccc(F)n1)C/C2=N\O. The van der Waals surface area contributed by atoms with Crippen LogP contribution in [-0.4, -0.2) is 21.8 Å². The molecular weight excluding hydrogens is 436 g/mol. The fourth-order valence-electron chi connectivity index (χ4n) is 7.28. The van der Waals surface area contributed by atoms with Crippen LogP contribution >= 0.6 is 0 Å². The third kappa shape index (κ3) is 3.99. The second-order valence-corrected chi connectivity index (χ2v) is 10.4. The smallest absolute Gasteiger partial charge is 0.225 e. The number of hydrogen-bond donors (Lipinski definition) is 2. The molecule has 7 heteroatoms. The van der Waals surface area contributed by atoms with Crippen molar-refractivity contribution in [1.82, 2.24) is 4.98 Å². The lowest BCUT2D eigenvalue weighted by Crippen LogP contribution is -2.44. The summed E-state index contributed by atoms with van der Waals surface area (Å²) in [6.45, 7) is 2.23. The summed E-state index contributed by atoms with van der Waals surface area (Å²) < 4.78 is 27.7. The van der Waals surface area contributed by atoms with Crippen LogP contribution in [0.1, 0.15) is 68.9 Å². The van der Waals surface area contributed by atoms with Crippen LogP contribution in [0.15, 0.2) is 41.6 Å². The summed E-state index contributed by atoms with van der Waals surface area (Å²) in [6.07, 6.45) is 6.20. The van der Waals surface area contributed by atoms with Gasteiger partial charge in [0.25, 0.3) is 0 Å². The number of fused-ring (bicyclic) bond motifs is 5. The third-order valence-corrected chi connectivity index (χ3v) is 8.68. The zero-order valence-electron chi connectivity index (χ0n) is 19.4. The molecule has 0 saturated heterocycles. The summed E-state index contributed by atoms with van der Waals surface area (Å²) in [5.41, 5.74) is 2.76. The Morgan fingerprint density at radius 2 is 2.06 bits per heavy atom. The third-order valence-electron chi connectivity index (χ3n) is 8.68. The van der Waals surface area contributed by atoms with Gasteiger partial charge in [-0.15, -0.1) is 0 Å². The summed E-state index contributed by atoms with van der Waals surface area (Å²) in [6, 6.07) is 9.80. The van der Waals surface area contributed by atoms with E-state index in [9.17, 15) is 18.8 Å². The molecule has 2 aromatic rings. The fraction of sp³-hybridized carbons (Fsp3) is 0.519. The Morgan fingerprint density at radius 3 is 2.85 bits per heavy atom. The highest BCUT2D eigenvalue weighted by Crippen LogP contribution is 2.62. The molecule has 1 aromatic carbocycles. The summed E-state index contributed by atoms with van der Waals surface area (Å²) in [4.78, 5) is 16.1. The summed E-state index contributed by atoms with van der Waals surface area (Å²) in [7, 11) is 0. The maximum atomic E-state index is 14.5. The number of amides is 1. The summed E-state index contributed by atoms with van der Waals surface area (Å²) >= 11 is 0.